The third-order valence-electron chi connectivity index (χ3n) is 3.82. The Kier molecular flexibility index (Phi) is 4.68. The first kappa shape index (κ1) is 16.0. The number of rotatable bonds is 6. The molecule has 1 saturated carbocycles. The lowest BCUT2D eigenvalue weighted by atomic mass is 10.1. The number of nitrogens with zero attached hydrogens (tertiary/aromatic N) is 1. The number of carbonyl (C=O) groups excluding carboxylic acids is 1. The van der Waals surface area contributed by atoms with E-state index < -0.39 is 10.0 Å². The minimum Gasteiger partial charge on any atom is -0.326 e. The lowest BCUT2D eigenvalue weighted by Gasteiger charge is -2.19. The molecule has 2 rings (SSSR count). The van der Waals surface area contributed by atoms with E-state index in [0.717, 1.165) is 29.7 Å². The molecular formula is C15H22N2O3S. The molecule has 0 bridgehead atoms. The molecule has 0 unspecified atom stereocenters. The van der Waals surface area contributed by atoms with Crippen LogP contribution in [-0.2, 0) is 14.8 Å². The van der Waals surface area contributed by atoms with Gasteiger partial charge >= 0.3 is 0 Å². The third kappa shape index (κ3) is 4.28. The molecule has 5 nitrogen and oxygen atoms in total. The maximum absolute atomic E-state index is 12.0. The topological polar surface area (TPSA) is 66.5 Å². The van der Waals surface area contributed by atoms with Gasteiger partial charge in [-0.05, 0) is 43.9 Å². The van der Waals surface area contributed by atoms with Crippen molar-refractivity contribution in [2.45, 2.75) is 39.2 Å². The van der Waals surface area contributed by atoms with Crippen molar-refractivity contribution >= 4 is 21.6 Å². The zero-order valence-electron chi connectivity index (χ0n) is 12.7. The monoisotopic (exact) mass is 310 g/mol. The van der Waals surface area contributed by atoms with Crippen molar-refractivity contribution in [3.63, 3.8) is 0 Å². The Bertz CT molecular complexity index is 636. The molecule has 21 heavy (non-hydrogen) atoms. The molecule has 0 saturated heterocycles. The minimum atomic E-state index is -3.23. The minimum absolute atomic E-state index is 0.0912. The summed E-state index contributed by atoms with van der Waals surface area (Å²) in [5.41, 5.74) is 2.94. The van der Waals surface area contributed by atoms with Gasteiger partial charge in [0, 0.05) is 24.7 Å². The fourth-order valence-electron chi connectivity index (χ4n) is 2.29. The van der Waals surface area contributed by atoms with Crippen LogP contribution in [0.3, 0.4) is 0 Å². The Morgan fingerprint density at radius 3 is 2.57 bits per heavy atom. The summed E-state index contributed by atoms with van der Waals surface area (Å²) < 4.78 is 24.8. The van der Waals surface area contributed by atoms with Crippen molar-refractivity contribution in [2.75, 3.05) is 18.1 Å². The van der Waals surface area contributed by atoms with Crippen molar-refractivity contribution < 1.29 is 13.2 Å². The Morgan fingerprint density at radius 2 is 2.00 bits per heavy atom. The van der Waals surface area contributed by atoms with Crippen molar-refractivity contribution in [1.29, 1.82) is 0 Å². The van der Waals surface area contributed by atoms with Crippen LogP contribution in [0, 0.1) is 13.8 Å². The van der Waals surface area contributed by atoms with E-state index in [2.05, 4.69) is 5.32 Å². The highest BCUT2D eigenvalue weighted by atomic mass is 32.2. The molecular weight excluding hydrogens is 288 g/mol. The summed E-state index contributed by atoms with van der Waals surface area (Å²) in [5, 5.41) is 2.86. The zero-order chi connectivity index (χ0) is 15.6. The van der Waals surface area contributed by atoms with E-state index in [-0.39, 0.29) is 24.9 Å². The molecule has 0 atom stereocenters. The summed E-state index contributed by atoms with van der Waals surface area (Å²) in [7, 11) is -3.23. The SMILES string of the molecule is Cc1cccc(NC(=O)CCN(C2CC2)S(C)(=O)=O)c1C. The van der Waals surface area contributed by atoms with Gasteiger partial charge < -0.3 is 5.32 Å². The first-order chi connectivity index (χ1) is 9.79. The molecule has 1 aliphatic rings. The lowest BCUT2D eigenvalue weighted by molar-refractivity contribution is -0.116. The van der Waals surface area contributed by atoms with E-state index in [1.54, 1.807) is 0 Å². The standard InChI is InChI=1S/C15H22N2O3S/c1-11-5-4-6-14(12(11)2)16-15(18)9-10-17(13-7-8-13)21(3,19)20/h4-6,13H,7-10H2,1-3H3,(H,16,18). The van der Waals surface area contributed by atoms with Crippen LogP contribution >= 0.6 is 0 Å². The van der Waals surface area contributed by atoms with Gasteiger partial charge in [-0.25, -0.2) is 8.42 Å². The van der Waals surface area contributed by atoms with Gasteiger partial charge in [-0.15, -0.1) is 0 Å². The van der Waals surface area contributed by atoms with Gasteiger partial charge in [0.15, 0.2) is 0 Å². The fraction of sp³-hybridized carbons (Fsp3) is 0.533. The molecule has 1 amide bonds. The number of amides is 1. The molecule has 1 aromatic carbocycles. The highest BCUT2D eigenvalue weighted by Gasteiger charge is 2.34. The van der Waals surface area contributed by atoms with E-state index in [1.807, 2.05) is 32.0 Å². The van der Waals surface area contributed by atoms with Gasteiger partial charge in [0.2, 0.25) is 15.9 Å². The first-order valence-corrected chi connectivity index (χ1v) is 8.97. The van der Waals surface area contributed by atoms with Crippen LogP contribution in [0.5, 0.6) is 0 Å². The number of hydrogen-bond acceptors (Lipinski definition) is 3. The number of carbonyl (C=O) groups is 1. The number of sulfonamides is 1. The molecule has 0 aliphatic heterocycles. The average molecular weight is 310 g/mol. The van der Waals surface area contributed by atoms with Gasteiger partial charge in [-0.2, -0.15) is 4.31 Å². The molecule has 0 aromatic heterocycles. The molecule has 0 radical (unpaired) electrons. The van der Waals surface area contributed by atoms with E-state index in [4.69, 9.17) is 0 Å². The molecule has 0 heterocycles. The molecule has 1 N–H and O–H groups in total. The summed E-state index contributed by atoms with van der Waals surface area (Å²) in [4.78, 5) is 12.0. The van der Waals surface area contributed by atoms with Crippen molar-refractivity contribution in [3.05, 3.63) is 29.3 Å². The van der Waals surface area contributed by atoms with E-state index in [0.29, 0.717) is 0 Å². The highest BCUT2D eigenvalue weighted by Crippen LogP contribution is 2.29. The molecule has 1 aromatic rings. The summed E-state index contributed by atoms with van der Waals surface area (Å²) in [6, 6.07) is 5.83. The van der Waals surface area contributed by atoms with Crippen LogP contribution in [0.1, 0.15) is 30.4 Å². The number of aryl methyl sites for hydroxylation is 1. The largest absolute Gasteiger partial charge is 0.326 e. The Hall–Kier alpha value is -1.40. The Morgan fingerprint density at radius 1 is 1.33 bits per heavy atom. The van der Waals surface area contributed by atoms with E-state index >= 15 is 0 Å². The molecule has 0 spiro atoms. The maximum Gasteiger partial charge on any atom is 0.225 e. The summed E-state index contributed by atoms with van der Waals surface area (Å²) in [6.07, 6.45) is 3.17. The highest BCUT2D eigenvalue weighted by molar-refractivity contribution is 7.88. The van der Waals surface area contributed by atoms with Gasteiger partial charge in [0.1, 0.15) is 0 Å². The van der Waals surface area contributed by atoms with Crippen LogP contribution < -0.4 is 5.32 Å². The fourth-order valence-corrected chi connectivity index (χ4v) is 3.47. The quantitative estimate of drug-likeness (QED) is 0.874. The number of benzene rings is 1. The summed E-state index contributed by atoms with van der Waals surface area (Å²) in [6.45, 7) is 4.20. The van der Waals surface area contributed by atoms with Crippen LogP contribution in [0.4, 0.5) is 5.69 Å². The summed E-state index contributed by atoms with van der Waals surface area (Å²) in [5.74, 6) is -0.155. The Labute approximate surface area is 126 Å². The number of hydrogen-bond donors (Lipinski definition) is 1. The maximum atomic E-state index is 12.0. The van der Waals surface area contributed by atoms with Gasteiger partial charge in [-0.3, -0.25) is 4.79 Å². The van der Waals surface area contributed by atoms with E-state index in [1.165, 1.54) is 10.6 Å². The van der Waals surface area contributed by atoms with Crippen LogP contribution in [0.25, 0.3) is 0 Å². The second-order valence-corrected chi connectivity index (χ2v) is 7.59. The van der Waals surface area contributed by atoms with Crippen molar-refractivity contribution in [3.8, 4) is 0 Å². The van der Waals surface area contributed by atoms with Crippen LogP contribution in [-0.4, -0.2) is 37.5 Å². The third-order valence-corrected chi connectivity index (χ3v) is 5.15. The Balaban J connectivity index is 1.94. The molecule has 1 aliphatic carbocycles. The van der Waals surface area contributed by atoms with E-state index in [9.17, 15) is 13.2 Å². The zero-order valence-corrected chi connectivity index (χ0v) is 13.5. The van der Waals surface area contributed by atoms with Gasteiger partial charge in [0.25, 0.3) is 0 Å². The van der Waals surface area contributed by atoms with Crippen LogP contribution in [0.2, 0.25) is 0 Å². The van der Waals surface area contributed by atoms with Gasteiger partial charge in [-0.1, -0.05) is 12.1 Å². The van der Waals surface area contributed by atoms with Gasteiger partial charge in [0.05, 0.1) is 6.26 Å². The van der Waals surface area contributed by atoms with Crippen molar-refractivity contribution in [1.82, 2.24) is 4.31 Å². The predicted molar refractivity (Wildman–Crippen MR) is 83.7 cm³/mol. The average Bonchev–Trinajstić information content (AvgIpc) is 3.18. The molecule has 116 valence electrons. The second-order valence-electron chi connectivity index (χ2n) is 5.65. The first-order valence-electron chi connectivity index (χ1n) is 7.12. The van der Waals surface area contributed by atoms with Crippen molar-refractivity contribution in [2.24, 2.45) is 0 Å². The lowest BCUT2D eigenvalue weighted by Crippen LogP contribution is -2.34. The predicted octanol–water partition coefficient (Wildman–Crippen LogP) is 2.06. The normalized spacial score (nSPS) is 15.2. The molecule has 1 fully saturated rings. The number of nitrogens with one attached hydrogen (secondary N) is 1. The number of anilines is 1. The molecule has 6 heteroatoms. The smallest absolute Gasteiger partial charge is 0.225 e. The second kappa shape index (κ2) is 6.15. The summed E-state index contributed by atoms with van der Waals surface area (Å²) >= 11 is 0. The van der Waals surface area contributed by atoms with Crippen LogP contribution in [0.15, 0.2) is 18.2 Å².